The maximum absolute atomic E-state index is 14.8. The molecule has 4 aliphatic carbocycles. The molecule has 8 rings (SSSR count). The van der Waals surface area contributed by atoms with Gasteiger partial charge in [0.1, 0.15) is 0 Å². The molecule has 250 valence electrons. The van der Waals surface area contributed by atoms with Crippen molar-refractivity contribution in [1.29, 1.82) is 0 Å². The van der Waals surface area contributed by atoms with Crippen LogP contribution < -0.4 is 11.4 Å². The molecule has 11 atom stereocenters. The van der Waals surface area contributed by atoms with Crippen LogP contribution in [0.25, 0.3) is 5.69 Å². The molecular weight excluding hydrogens is 602 g/mol. The van der Waals surface area contributed by atoms with Gasteiger partial charge in [-0.15, -0.1) is 0 Å². The zero-order valence-electron chi connectivity index (χ0n) is 27.8. The Balaban J connectivity index is 1.42. The van der Waals surface area contributed by atoms with Crippen molar-refractivity contribution in [3.63, 3.8) is 0 Å². The summed E-state index contributed by atoms with van der Waals surface area (Å²) in [7, 11) is -4.44. The Hall–Kier alpha value is -2.69. The number of allylic oxidation sites excluding steroid dienone is 4. The predicted molar refractivity (Wildman–Crippen MR) is 176 cm³/mol. The Morgan fingerprint density at radius 1 is 0.957 bits per heavy atom. The van der Waals surface area contributed by atoms with Crippen molar-refractivity contribution in [3.05, 3.63) is 69.5 Å². The van der Waals surface area contributed by atoms with Crippen molar-refractivity contribution in [3.8, 4) is 5.69 Å². The first kappa shape index (κ1) is 31.9. The molecule has 2 bridgehead atoms. The number of benzene rings is 1. The fourth-order valence-electron chi connectivity index (χ4n) is 11.3. The van der Waals surface area contributed by atoms with E-state index < -0.39 is 38.7 Å². The Kier molecular flexibility index (Phi) is 7.21. The maximum atomic E-state index is 14.8. The highest BCUT2D eigenvalue weighted by atomic mass is 32.2. The summed E-state index contributed by atoms with van der Waals surface area (Å²) in [5.41, 5.74) is -2.21. The molecule has 10 heteroatoms. The van der Waals surface area contributed by atoms with Crippen LogP contribution in [-0.4, -0.2) is 38.1 Å². The summed E-state index contributed by atoms with van der Waals surface area (Å²) < 4.78 is 37.6. The molecule has 0 radical (unpaired) electrons. The monoisotopic (exact) mass is 651 g/mol. The normalized spacial score (nSPS) is 39.2. The summed E-state index contributed by atoms with van der Waals surface area (Å²) in [4.78, 5) is 29.1. The number of fused-ring (bicyclic) bond motifs is 1. The van der Waals surface area contributed by atoms with Gasteiger partial charge >= 0.3 is 11.4 Å². The molecule has 0 saturated heterocycles. The second-order valence-corrected chi connectivity index (χ2v) is 17.5. The van der Waals surface area contributed by atoms with E-state index in [-0.39, 0.29) is 39.7 Å². The summed E-state index contributed by atoms with van der Waals surface area (Å²) in [5.74, 6) is 2.46. The first-order valence-electron chi connectivity index (χ1n) is 17.2. The van der Waals surface area contributed by atoms with E-state index in [0.29, 0.717) is 36.5 Å². The van der Waals surface area contributed by atoms with Gasteiger partial charge in [-0.1, -0.05) is 65.8 Å². The summed E-state index contributed by atoms with van der Waals surface area (Å²) in [6, 6.07) is 5.24. The molecule has 3 heterocycles. The van der Waals surface area contributed by atoms with Crippen LogP contribution >= 0.6 is 0 Å². The summed E-state index contributed by atoms with van der Waals surface area (Å²) >= 11 is 0. The van der Waals surface area contributed by atoms with E-state index in [1.165, 1.54) is 24.3 Å². The lowest BCUT2D eigenvalue weighted by molar-refractivity contribution is -0.170. The first-order chi connectivity index (χ1) is 21.6. The second kappa shape index (κ2) is 10.4. The fraction of sp³-hybridized carbons (Fsp3) is 0.667. The molecule has 9 nitrogen and oxygen atoms in total. The maximum Gasteiger partial charge on any atom is 0.352 e. The summed E-state index contributed by atoms with van der Waals surface area (Å²) in [6.07, 6.45) is 13.7. The second-order valence-electron chi connectivity index (χ2n) is 16.0. The van der Waals surface area contributed by atoms with Crippen molar-refractivity contribution in [2.24, 2.45) is 52.8 Å². The SMILES string of the molecule is CC(C)C(C)/C=C/C(C)C1CCC2C1(C)CCC1C3C(C)CC(O)CC34C=CC12n1c(=O)n(-c2ccc(S(=O)(=O)O)cc2)c(=O)n14. The lowest BCUT2D eigenvalue weighted by Gasteiger charge is -2.68. The fourth-order valence-corrected chi connectivity index (χ4v) is 11.8. The molecule has 1 aromatic heterocycles. The molecular formula is C36H49N3O6S. The molecule has 1 aromatic carbocycles. The molecule has 11 unspecified atom stereocenters. The molecule has 0 amide bonds. The molecule has 3 fully saturated rings. The average molecular weight is 652 g/mol. The van der Waals surface area contributed by atoms with Gasteiger partial charge in [0.25, 0.3) is 10.1 Å². The molecule has 6 aliphatic rings. The Morgan fingerprint density at radius 3 is 2.28 bits per heavy atom. The van der Waals surface area contributed by atoms with Gasteiger partial charge in [-0.05, 0) is 109 Å². The van der Waals surface area contributed by atoms with E-state index in [4.69, 9.17) is 0 Å². The van der Waals surface area contributed by atoms with E-state index in [1.54, 1.807) is 9.36 Å². The number of hydrogen-bond acceptors (Lipinski definition) is 5. The number of aromatic nitrogens is 3. The number of aliphatic hydroxyl groups is 1. The van der Waals surface area contributed by atoms with Crippen molar-refractivity contribution in [2.45, 2.75) is 102 Å². The van der Waals surface area contributed by atoms with Gasteiger partial charge in [0.2, 0.25) is 0 Å². The third-order valence-corrected chi connectivity index (χ3v) is 14.4. The van der Waals surface area contributed by atoms with E-state index in [1.807, 2.05) is 0 Å². The van der Waals surface area contributed by atoms with Crippen molar-refractivity contribution in [2.75, 3.05) is 0 Å². The van der Waals surface area contributed by atoms with Crippen LogP contribution in [0, 0.1) is 52.8 Å². The Labute approximate surface area is 271 Å². The lowest BCUT2D eigenvalue weighted by atomic mass is 9.44. The number of hydrogen-bond donors (Lipinski definition) is 2. The zero-order chi connectivity index (χ0) is 33.1. The van der Waals surface area contributed by atoms with Gasteiger partial charge in [-0.25, -0.2) is 23.5 Å². The Bertz CT molecular complexity index is 1840. The minimum atomic E-state index is -4.44. The minimum Gasteiger partial charge on any atom is -0.393 e. The molecule has 2 aromatic rings. The molecule has 2 N–H and O–H groups in total. The topological polar surface area (TPSA) is 124 Å². The van der Waals surface area contributed by atoms with E-state index >= 15 is 0 Å². The minimum absolute atomic E-state index is 0.0417. The number of nitrogens with zero attached hydrogens (tertiary/aromatic N) is 3. The molecule has 46 heavy (non-hydrogen) atoms. The van der Waals surface area contributed by atoms with E-state index in [0.717, 1.165) is 30.3 Å². The summed E-state index contributed by atoms with van der Waals surface area (Å²) in [5, 5.41) is 11.1. The van der Waals surface area contributed by atoms with E-state index in [2.05, 4.69) is 65.8 Å². The van der Waals surface area contributed by atoms with Crippen LogP contribution in [0.2, 0.25) is 0 Å². The molecule has 3 saturated carbocycles. The number of rotatable bonds is 6. The van der Waals surface area contributed by atoms with E-state index in [9.17, 15) is 27.7 Å². The van der Waals surface area contributed by atoms with Crippen LogP contribution in [0.5, 0.6) is 0 Å². The third-order valence-electron chi connectivity index (χ3n) is 13.5. The Morgan fingerprint density at radius 2 is 1.63 bits per heavy atom. The quantitative estimate of drug-likeness (QED) is 0.321. The van der Waals surface area contributed by atoms with Gasteiger partial charge in [-0.3, -0.25) is 4.55 Å². The van der Waals surface area contributed by atoms with Gasteiger partial charge in [-0.2, -0.15) is 8.42 Å². The van der Waals surface area contributed by atoms with Gasteiger partial charge in [0.05, 0.1) is 27.8 Å². The highest BCUT2D eigenvalue weighted by Crippen LogP contribution is 2.71. The van der Waals surface area contributed by atoms with Crippen LogP contribution in [0.1, 0.15) is 80.1 Å². The zero-order valence-corrected chi connectivity index (χ0v) is 28.7. The smallest absolute Gasteiger partial charge is 0.352 e. The third kappa shape index (κ3) is 4.14. The standard InChI is InChI=1S/C36H49N3O6S/c1-21(2)22(3)7-8-23(4)28-13-14-30-34(28,6)16-15-29-31-24(5)19-26(40)20-35(31)17-18-36(29,30)39-33(42)37(32(41)38(35)39)25-9-11-27(12-10-25)46(43,44)45/h7-12,17-18,21-24,26,28-31,40H,13-16,19-20H2,1-6H3,(H,43,44,45)/b8-7+. The predicted octanol–water partition coefficient (Wildman–Crippen LogP) is 5.36. The van der Waals surface area contributed by atoms with Gasteiger partial charge < -0.3 is 5.11 Å². The van der Waals surface area contributed by atoms with Crippen molar-refractivity contribution < 1.29 is 18.1 Å². The van der Waals surface area contributed by atoms with Crippen LogP contribution in [0.3, 0.4) is 0 Å². The number of aliphatic hydroxyl groups excluding tert-OH is 1. The van der Waals surface area contributed by atoms with Gasteiger partial charge in [0, 0.05) is 6.42 Å². The lowest BCUT2D eigenvalue weighted by Crippen LogP contribution is -2.74. The summed E-state index contributed by atoms with van der Waals surface area (Å²) in [6.45, 7) is 13.7. The highest BCUT2D eigenvalue weighted by Gasteiger charge is 2.72. The van der Waals surface area contributed by atoms with Crippen LogP contribution in [0.15, 0.2) is 63.1 Å². The molecule has 2 aliphatic heterocycles. The first-order valence-corrected chi connectivity index (χ1v) is 18.6. The average Bonchev–Trinajstić information content (AvgIpc) is 3.49. The van der Waals surface area contributed by atoms with Crippen molar-refractivity contribution in [1.82, 2.24) is 13.9 Å². The highest BCUT2D eigenvalue weighted by molar-refractivity contribution is 7.85. The largest absolute Gasteiger partial charge is 0.393 e. The van der Waals surface area contributed by atoms with Crippen LogP contribution in [0.4, 0.5) is 0 Å². The molecule has 2 spiro atoms. The van der Waals surface area contributed by atoms with Crippen LogP contribution in [-0.2, 0) is 21.2 Å². The van der Waals surface area contributed by atoms with Gasteiger partial charge in [0.15, 0.2) is 0 Å². The van der Waals surface area contributed by atoms with Crippen molar-refractivity contribution >= 4 is 10.1 Å².